The number of hydrogen-bond donors (Lipinski definition) is 0. The van der Waals surface area contributed by atoms with E-state index in [2.05, 4.69) is 4.98 Å². The van der Waals surface area contributed by atoms with Crippen LogP contribution in [-0.4, -0.2) is 54.5 Å². The number of para-hydroxylation sites is 1. The molecule has 2 aromatic carbocycles. The van der Waals surface area contributed by atoms with Crippen LogP contribution in [-0.2, 0) is 32.6 Å². The van der Waals surface area contributed by atoms with Gasteiger partial charge in [0.25, 0.3) is 0 Å². The number of imidazole rings is 1. The smallest absolute Gasteiger partial charge is 0.374 e. The summed E-state index contributed by atoms with van der Waals surface area (Å²) < 4.78 is 45.6. The van der Waals surface area contributed by atoms with Crippen molar-refractivity contribution in [3.8, 4) is 0 Å². The minimum atomic E-state index is -3.63. The lowest BCUT2D eigenvalue weighted by Crippen LogP contribution is -2.40. The van der Waals surface area contributed by atoms with Gasteiger partial charge in [-0.05, 0) is 37.3 Å². The first-order chi connectivity index (χ1) is 16.0. The predicted octanol–water partition coefficient (Wildman–Crippen LogP) is 3.18. The third-order valence-electron chi connectivity index (χ3n) is 5.68. The number of benzene rings is 2. The van der Waals surface area contributed by atoms with Crippen LogP contribution in [0.5, 0.6) is 0 Å². The van der Waals surface area contributed by atoms with Gasteiger partial charge >= 0.3 is 5.97 Å². The van der Waals surface area contributed by atoms with E-state index in [0.717, 1.165) is 10.9 Å². The van der Waals surface area contributed by atoms with E-state index in [0.29, 0.717) is 49.8 Å². The molecular weight excluding hydrogens is 446 g/mol. The molecule has 1 aliphatic heterocycles. The van der Waals surface area contributed by atoms with Crippen molar-refractivity contribution in [2.75, 3.05) is 26.3 Å². The molecule has 4 aromatic rings. The summed E-state index contributed by atoms with van der Waals surface area (Å²) in [4.78, 5) is 17.3. The molecule has 0 bridgehead atoms. The van der Waals surface area contributed by atoms with Gasteiger partial charge in [0, 0.05) is 25.0 Å². The molecule has 0 radical (unpaired) electrons. The lowest BCUT2D eigenvalue weighted by Gasteiger charge is -2.26. The van der Waals surface area contributed by atoms with Crippen molar-refractivity contribution in [1.82, 2.24) is 13.9 Å². The Labute approximate surface area is 190 Å². The number of esters is 1. The van der Waals surface area contributed by atoms with Gasteiger partial charge in [-0.25, -0.2) is 18.2 Å². The van der Waals surface area contributed by atoms with Crippen LogP contribution in [0.4, 0.5) is 0 Å². The van der Waals surface area contributed by atoms with Crippen molar-refractivity contribution in [3.05, 3.63) is 60.1 Å². The van der Waals surface area contributed by atoms with E-state index in [1.54, 1.807) is 30.3 Å². The number of carbonyl (C=O) groups excluding carboxylic acids is 1. The molecular formula is C23H23N3O6S. The van der Waals surface area contributed by atoms with Gasteiger partial charge in [-0.1, -0.05) is 18.2 Å². The largest absolute Gasteiger partial charge is 0.452 e. The average molecular weight is 470 g/mol. The molecule has 1 saturated heterocycles. The Balaban J connectivity index is 1.39. The predicted molar refractivity (Wildman–Crippen MR) is 120 cm³/mol. The van der Waals surface area contributed by atoms with E-state index in [1.165, 1.54) is 4.31 Å². The lowest BCUT2D eigenvalue weighted by atomic mass is 10.2. The molecule has 9 nitrogen and oxygen atoms in total. The molecule has 1 fully saturated rings. The molecule has 0 unspecified atom stereocenters. The van der Waals surface area contributed by atoms with E-state index in [1.807, 2.05) is 29.7 Å². The van der Waals surface area contributed by atoms with Crippen molar-refractivity contribution in [2.45, 2.75) is 25.0 Å². The second-order valence-electron chi connectivity index (χ2n) is 7.66. The van der Waals surface area contributed by atoms with E-state index in [-0.39, 0.29) is 17.3 Å². The molecule has 0 saturated carbocycles. The van der Waals surface area contributed by atoms with Gasteiger partial charge in [-0.3, -0.25) is 0 Å². The summed E-state index contributed by atoms with van der Waals surface area (Å²) in [5.74, 6) is 0.0589. The number of nitrogens with zero attached hydrogens (tertiary/aromatic N) is 3. The van der Waals surface area contributed by atoms with Crippen LogP contribution in [0.15, 0.2) is 57.8 Å². The zero-order valence-corrected chi connectivity index (χ0v) is 18.9. The molecule has 1 aliphatic rings. The number of carbonyl (C=O) groups is 1. The second kappa shape index (κ2) is 8.62. The van der Waals surface area contributed by atoms with E-state index < -0.39 is 16.0 Å². The molecule has 172 valence electrons. The number of hydrogen-bond acceptors (Lipinski definition) is 7. The molecule has 5 rings (SSSR count). The Morgan fingerprint density at radius 1 is 1.12 bits per heavy atom. The molecule has 0 aliphatic carbocycles. The zero-order chi connectivity index (χ0) is 23.0. The first-order valence-corrected chi connectivity index (χ1v) is 12.1. The van der Waals surface area contributed by atoms with Crippen LogP contribution < -0.4 is 0 Å². The maximum atomic E-state index is 13.0. The Bertz CT molecular complexity index is 1400. The summed E-state index contributed by atoms with van der Waals surface area (Å²) in [6.45, 7) is 3.89. The number of furan rings is 1. The number of aryl methyl sites for hydroxylation is 1. The van der Waals surface area contributed by atoms with Crippen LogP contribution in [0.1, 0.15) is 23.3 Å². The van der Waals surface area contributed by atoms with Crippen LogP contribution in [0.3, 0.4) is 0 Å². The number of morpholine rings is 1. The minimum Gasteiger partial charge on any atom is -0.452 e. The van der Waals surface area contributed by atoms with Crippen LogP contribution in [0, 0.1) is 0 Å². The second-order valence-corrected chi connectivity index (χ2v) is 9.60. The van der Waals surface area contributed by atoms with Gasteiger partial charge in [-0.15, -0.1) is 0 Å². The van der Waals surface area contributed by atoms with Crippen molar-refractivity contribution in [2.24, 2.45) is 0 Å². The summed E-state index contributed by atoms with van der Waals surface area (Å²) in [5, 5.41) is 0.819. The third-order valence-corrected chi connectivity index (χ3v) is 7.58. The summed E-state index contributed by atoms with van der Waals surface area (Å²) in [6.07, 6.45) is 0. The fourth-order valence-corrected chi connectivity index (χ4v) is 5.43. The van der Waals surface area contributed by atoms with Crippen LogP contribution in [0.25, 0.3) is 22.0 Å². The topological polar surface area (TPSA) is 104 Å². The van der Waals surface area contributed by atoms with Crippen LogP contribution in [0.2, 0.25) is 0 Å². The van der Waals surface area contributed by atoms with Gasteiger partial charge < -0.3 is 18.5 Å². The van der Waals surface area contributed by atoms with Gasteiger partial charge in [0.1, 0.15) is 18.0 Å². The molecule has 10 heteroatoms. The number of aromatic nitrogens is 2. The Morgan fingerprint density at radius 3 is 2.67 bits per heavy atom. The lowest BCUT2D eigenvalue weighted by molar-refractivity contribution is 0.0425. The van der Waals surface area contributed by atoms with E-state index >= 15 is 0 Å². The quantitative estimate of drug-likeness (QED) is 0.400. The van der Waals surface area contributed by atoms with Crippen molar-refractivity contribution >= 4 is 38.0 Å². The number of ether oxygens (including phenoxy) is 2. The summed E-state index contributed by atoms with van der Waals surface area (Å²) in [6, 6.07) is 13.9. The molecule has 33 heavy (non-hydrogen) atoms. The monoisotopic (exact) mass is 469 g/mol. The maximum absolute atomic E-state index is 13.0. The normalized spacial score (nSPS) is 15.3. The highest BCUT2D eigenvalue weighted by Crippen LogP contribution is 2.25. The number of rotatable bonds is 6. The summed E-state index contributed by atoms with van der Waals surface area (Å²) >= 11 is 0. The van der Waals surface area contributed by atoms with Crippen molar-refractivity contribution in [1.29, 1.82) is 0 Å². The van der Waals surface area contributed by atoms with Gasteiger partial charge in [0.2, 0.25) is 15.8 Å². The Kier molecular flexibility index (Phi) is 5.65. The fourth-order valence-electron chi connectivity index (χ4n) is 4.00. The standard InChI is InChI=1S/C23H23N3O6S/c1-2-26-19-8-7-17(33(28,29)25-9-11-30-12-10-25)14-18(19)24-22(26)15-31-23(27)21-13-16-5-3-4-6-20(16)32-21/h3-8,13-14H,2,9-12,15H2,1H3. The van der Waals surface area contributed by atoms with Crippen LogP contribution >= 0.6 is 0 Å². The minimum absolute atomic E-state index is 0.0655. The van der Waals surface area contributed by atoms with Crippen molar-refractivity contribution in [3.63, 3.8) is 0 Å². The fraction of sp³-hybridized carbons (Fsp3) is 0.304. The maximum Gasteiger partial charge on any atom is 0.374 e. The van der Waals surface area contributed by atoms with Gasteiger partial charge in [0.15, 0.2) is 0 Å². The highest BCUT2D eigenvalue weighted by Gasteiger charge is 2.27. The number of fused-ring (bicyclic) bond motifs is 2. The average Bonchev–Trinajstić information content (AvgIpc) is 3.43. The van der Waals surface area contributed by atoms with Gasteiger partial charge in [-0.2, -0.15) is 4.31 Å². The SMILES string of the molecule is CCn1c(COC(=O)c2cc3ccccc3o2)nc2cc(S(=O)(=O)N3CCOCC3)ccc21. The molecule has 0 N–H and O–H groups in total. The summed E-state index contributed by atoms with van der Waals surface area (Å²) in [7, 11) is -3.63. The zero-order valence-electron chi connectivity index (χ0n) is 18.1. The van der Waals surface area contributed by atoms with Crippen molar-refractivity contribution < 1.29 is 27.1 Å². The highest BCUT2D eigenvalue weighted by atomic mass is 32.2. The molecule has 2 aromatic heterocycles. The first kappa shape index (κ1) is 21.6. The Hall–Kier alpha value is -3.21. The molecule has 3 heterocycles. The number of sulfonamides is 1. The summed E-state index contributed by atoms with van der Waals surface area (Å²) in [5.41, 5.74) is 1.91. The Morgan fingerprint density at radius 2 is 1.91 bits per heavy atom. The molecule has 0 spiro atoms. The third kappa shape index (κ3) is 4.01. The highest BCUT2D eigenvalue weighted by molar-refractivity contribution is 7.89. The molecule has 0 amide bonds. The molecule has 0 atom stereocenters. The first-order valence-electron chi connectivity index (χ1n) is 10.7. The van der Waals surface area contributed by atoms with E-state index in [4.69, 9.17) is 13.9 Å². The van der Waals surface area contributed by atoms with Gasteiger partial charge in [0.05, 0.1) is 29.1 Å². The van der Waals surface area contributed by atoms with E-state index in [9.17, 15) is 13.2 Å².